The highest BCUT2D eigenvalue weighted by Crippen LogP contribution is 2.33. The second-order valence-corrected chi connectivity index (χ2v) is 6.06. The van der Waals surface area contributed by atoms with E-state index < -0.39 is 0 Å². The van der Waals surface area contributed by atoms with Gasteiger partial charge in [-0.05, 0) is 51.4 Å². The van der Waals surface area contributed by atoms with Gasteiger partial charge < -0.3 is 9.80 Å². The van der Waals surface area contributed by atoms with Crippen molar-refractivity contribution in [3.8, 4) is 0 Å². The van der Waals surface area contributed by atoms with Crippen molar-refractivity contribution in [1.29, 1.82) is 0 Å². The second-order valence-electron chi connectivity index (χ2n) is 6.06. The van der Waals surface area contributed by atoms with E-state index in [1.165, 1.54) is 19.4 Å². The molecule has 0 spiro atoms. The first-order chi connectivity index (χ1) is 9.70. The van der Waals surface area contributed by atoms with Crippen molar-refractivity contribution in [2.45, 2.75) is 25.8 Å². The molecule has 4 heterocycles. The van der Waals surface area contributed by atoms with Gasteiger partial charge in [-0.25, -0.2) is 4.98 Å². The number of rotatable bonds is 1. The van der Waals surface area contributed by atoms with Gasteiger partial charge in [0.05, 0.1) is 0 Å². The van der Waals surface area contributed by atoms with Crippen LogP contribution in [-0.2, 0) is 0 Å². The first-order valence-electron chi connectivity index (χ1n) is 7.36. The standard InChI is InChI=1S/C14H20N6/c1-10-15-13-3-4-14(17-20(13)16-10)19-8-6-11-5-7-18(2)9-12(11)19/h3-4,11-12H,5-9H2,1-2H3. The van der Waals surface area contributed by atoms with Gasteiger partial charge in [0.1, 0.15) is 5.82 Å². The molecule has 2 atom stereocenters. The summed E-state index contributed by atoms with van der Waals surface area (Å²) in [7, 11) is 2.21. The summed E-state index contributed by atoms with van der Waals surface area (Å²) < 4.78 is 1.66. The zero-order valence-electron chi connectivity index (χ0n) is 12.0. The molecule has 2 unspecified atom stereocenters. The molecule has 2 fully saturated rings. The van der Waals surface area contributed by atoms with Crippen LogP contribution < -0.4 is 4.90 Å². The Morgan fingerprint density at radius 3 is 2.90 bits per heavy atom. The molecule has 0 amide bonds. The van der Waals surface area contributed by atoms with E-state index in [0.29, 0.717) is 6.04 Å². The summed E-state index contributed by atoms with van der Waals surface area (Å²) in [6.45, 7) is 5.37. The summed E-state index contributed by atoms with van der Waals surface area (Å²) >= 11 is 0. The van der Waals surface area contributed by atoms with Crippen molar-refractivity contribution >= 4 is 11.5 Å². The molecule has 0 aromatic carbocycles. The first kappa shape index (κ1) is 12.1. The fourth-order valence-electron chi connectivity index (χ4n) is 3.61. The first-order valence-corrected chi connectivity index (χ1v) is 7.36. The van der Waals surface area contributed by atoms with Gasteiger partial charge in [0.2, 0.25) is 0 Å². The molecule has 2 aliphatic rings. The zero-order valence-corrected chi connectivity index (χ0v) is 12.0. The Morgan fingerprint density at radius 1 is 1.15 bits per heavy atom. The normalized spacial score (nSPS) is 27.2. The van der Waals surface area contributed by atoms with Crippen LogP contribution >= 0.6 is 0 Å². The Morgan fingerprint density at radius 2 is 2.00 bits per heavy atom. The third-order valence-corrected chi connectivity index (χ3v) is 4.66. The molecular weight excluding hydrogens is 252 g/mol. The Labute approximate surface area is 118 Å². The van der Waals surface area contributed by atoms with E-state index in [1.807, 2.05) is 13.0 Å². The van der Waals surface area contributed by atoms with Crippen LogP contribution in [0.5, 0.6) is 0 Å². The second kappa shape index (κ2) is 4.41. The maximum absolute atomic E-state index is 4.64. The van der Waals surface area contributed by atoms with E-state index in [1.54, 1.807) is 4.63 Å². The lowest BCUT2D eigenvalue weighted by atomic mass is 9.92. The molecule has 0 aliphatic carbocycles. The van der Waals surface area contributed by atoms with Crippen LogP contribution in [0.3, 0.4) is 0 Å². The lowest BCUT2D eigenvalue weighted by Gasteiger charge is -2.36. The lowest BCUT2D eigenvalue weighted by molar-refractivity contribution is 0.207. The van der Waals surface area contributed by atoms with Crippen LogP contribution in [-0.4, -0.2) is 57.4 Å². The van der Waals surface area contributed by atoms with Crippen LogP contribution in [0.2, 0.25) is 0 Å². The van der Waals surface area contributed by atoms with Crippen molar-refractivity contribution in [2.24, 2.45) is 5.92 Å². The van der Waals surface area contributed by atoms with E-state index in [4.69, 9.17) is 0 Å². The SMILES string of the molecule is Cc1nc2ccc(N3CCC4CCN(C)CC43)nn2n1. The predicted octanol–water partition coefficient (Wildman–Crippen LogP) is 0.963. The smallest absolute Gasteiger partial charge is 0.176 e. The lowest BCUT2D eigenvalue weighted by Crippen LogP contribution is -2.47. The van der Waals surface area contributed by atoms with Crippen LogP contribution in [0.25, 0.3) is 5.65 Å². The van der Waals surface area contributed by atoms with Gasteiger partial charge in [0.25, 0.3) is 0 Å². The number of aromatic nitrogens is 4. The summed E-state index contributed by atoms with van der Waals surface area (Å²) in [6.07, 6.45) is 2.59. The Balaban J connectivity index is 1.67. The molecule has 6 heteroatoms. The largest absolute Gasteiger partial charge is 0.351 e. The number of fused-ring (bicyclic) bond motifs is 2. The van der Waals surface area contributed by atoms with Gasteiger partial charge in [0.15, 0.2) is 11.5 Å². The molecule has 0 radical (unpaired) electrons. The van der Waals surface area contributed by atoms with Crippen molar-refractivity contribution in [2.75, 3.05) is 31.6 Å². The maximum Gasteiger partial charge on any atom is 0.176 e. The molecule has 2 aromatic heterocycles. The number of hydrogen-bond donors (Lipinski definition) is 0. The number of anilines is 1. The van der Waals surface area contributed by atoms with E-state index in [2.05, 4.69) is 38.1 Å². The monoisotopic (exact) mass is 272 g/mol. The highest BCUT2D eigenvalue weighted by atomic mass is 15.5. The van der Waals surface area contributed by atoms with E-state index in [0.717, 1.165) is 36.3 Å². The van der Waals surface area contributed by atoms with Gasteiger partial charge in [-0.1, -0.05) is 0 Å². The summed E-state index contributed by atoms with van der Waals surface area (Å²) in [5.41, 5.74) is 0.822. The van der Waals surface area contributed by atoms with Crippen LogP contribution in [0.4, 0.5) is 5.82 Å². The number of piperidine rings is 1. The average molecular weight is 272 g/mol. The molecule has 0 saturated carbocycles. The molecule has 0 bridgehead atoms. The van der Waals surface area contributed by atoms with Crippen LogP contribution in [0.15, 0.2) is 12.1 Å². The van der Waals surface area contributed by atoms with Crippen molar-refractivity contribution in [3.63, 3.8) is 0 Å². The van der Waals surface area contributed by atoms with Gasteiger partial charge in [0, 0.05) is 19.1 Å². The van der Waals surface area contributed by atoms with Crippen LogP contribution in [0, 0.1) is 12.8 Å². The molecule has 4 rings (SSSR count). The minimum atomic E-state index is 0.600. The van der Waals surface area contributed by atoms with Crippen molar-refractivity contribution in [3.05, 3.63) is 18.0 Å². The topological polar surface area (TPSA) is 49.6 Å². The predicted molar refractivity (Wildman–Crippen MR) is 76.9 cm³/mol. The molecule has 2 aliphatic heterocycles. The number of nitrogens with zero attached hydrogens (tertiary/aromatic N) is 6. The summed E-state index contributed by atoms with van der Waals surface area (Å²) in [5, 5.41) is 8.97. The molecule has 20 heavy (non-hydrogen) atoms. The van der Waals surface area contributed by atoms with E-state index in [9.17, 15) is 0 Å². The molecular formula is C14H20N6. The molecule has 6 nitrogen and oxygen atoms in total. The van der Waals surface area contributed by atoms with Crippen LogP contribution in [0.1, 0.15) is 18.7 Å². The minimum Gasteiger partial charge on any atom is -0.351 e. The molecule has 2 saturated heterocycles. The summed E-state index contributed by atoms with van der Waals surface area (Å²) in [4.78, 5) is 9.22. The average Bonchev–Trinajstić information content (AvgIpc) is 2.99. The van der Waals surface area contributed by atoms with Crippen molar-refractivity contribution in [1.82, 2.24) is 24.7 Å². The number of aryl methyl sites for hydroxylation is 1. The van der Waals surface area contributed by atoms with Gasteiger partial charge in [-0.15, -0.1) is 14.8 Å². The fraction of sp³-hybridized carbons (Fsp3) is 0.643. The van der Waals surface area contributed by atoms with Gasteiger partial charge in [-0.3, -0.25) is 0 Å². The molecule has 106 valence electrons. The maximum atomic E-state index is 4.64. The highest BCUT2D eigenvalue weighted by Gasteiger charge is 2.38. The summed E-state index contributed by atoms with van der Waals surface area (Å²) in [5.74, 6) is 2.62. The fourth-order valence-corrected chi connectivity index (χ4v) is 3.61. The number of hydrogen-bond acceptors (Lipinski definition) is 5. The summed E-state index contributed by atoms with van der Waals surface area (Å²) in [6, 6.07) is 4.70. The Hall–Kier alpha value is -1.69. The van der Waals surface area contributed by atoms with E-state index in [-0.39, 0.29) is 0 Å². The van der Waals surface area contributed by atoms with Gasteiger partial charge in [-0.2, -0.15) is 0 Å². The quantitative estimate of drug-likeness (QED) is 0.774. The third-order valence-electron chi connectivity index (χ3n) is 4.66. The van der Waals surface area contributed by atoms with E-state index >= 15 is 0 Å². The zero-order chi connectivity index (χ0) is 13.7. The minimum absolute atomic E-state index is 0.600. The highest BCUT2D eigenvalue weighted by molar-refractivity contribution is 5.47. The Bertz CT molecular complexity index is 636. The van der Waals surface area contributed by atoms with Gasteiger partial charge >= 0.3 is 0 Å². The number of likely N-dealkylation sites (N-methyl/N-ethyl adjacent to an activating group) is 1. The molecule has 2 aromatic rings. The molecule has 0 N–H and O–H groups in total. The third kappa shape index (κ3) is 1.86. The van der Waals surface area contributed by atoms with Crippen molar-refractivity contribution < 1.29 is 0 Å². The Kier molecular flexibility index (Phi) is 2.66. The number of likely N-dealkylation sites (tertiary alicyclic amines) is 1.